The number of benzene rings is 1. The normalized spacial score (nSPS) is 12.9. The smallest absolute Gasteiger partial charge is 0.278 e. The fraction of sp³-hybridized carbons (Fsp3) is 0.286. The van der Waals surface area contributed by atoms with E-state index in [1.807, 2.05) is 6.07 Å². The molecule has 0 bridgehead atoms. The third-order valence-electron chi connectivity index (χ3n) is 4.33. The van der Waals surface area contributed by atoms with Gasteiger partial charge >= 0.3 is 0 Å². The van der Waals surface area contributed by atoms with Crippen molar-refractivity contribution in [2.24, 2.45) is 0 Å². The Morgan fingerprint density at radius 2 is 1.87 bits per heavy atom. The second-order valence-corrected chi connectivity index (χ2v) is 7.79. The summed E-state index contributed by atoms with van der Waals surface area (Å²) in [7, 11) is 0. The van der Waals surface area contributed by atoms with Crippen LogP contribution in [-0.4, -0.2) is 40.8 Å². The number of thioether (sulfide) groups is 1. The fourth-order valence-corrected chi connectivity index (χ4v) is 3.86. The number of aromatic nitrogens is 1. The molecule has 0 fully saturated rings. The molecule has 2 N–H and O–H groups in total. The van der Waals surface area contributed by atoms with E-state index in [4.69, 9.17) is 4.52 Å². The van der Waals surface area contributed by atoms with Crippen LogP contribution in [0.5, 0.6) is 0 Å². The first-order valence-electron chi connectivity index (χ1n) is 9.51. The van der Waals surface area contributed by atoms with Crippen LogP contribution in [0.4, 0.5) is 5.69 Å². The third-order valence-corrected chi connectivity index (χ3v) is 5.44. The highest BCUT2D eigenvalue weighted by Crippen LogP contribution is 2.31. The number of rotatable bonds is 9. The Labute approximate surface area is 177 Å². The molecule has 0 spiro atoms. The van der Waals surface area contributed by atoms with E-state index in [1.54, 1.807) is 24.3 Å². The molecule has 1 aromatic carbocycles. The van der Waals surface area contributed by atoms with Crippen LogP contribution < -0.4 is 10.6 Å². The average molecular weight is 427 g/mol. The van der Waals surface area contributed by atoms with Gasteiger partial charge in [-0.1, -0.05) is 29.8 Å². The molecular weight excluding hydrogens is 406 g/mol. The predicted molar refractivity (Wildman–Crippen MR) is 113 cm³/mol. The van der Waals surface area contributed by atoms with Gasteiger partial charge in [0.1, 0.15) is 5.56 Å². The van der Waals surface area contributed by atoms with Gasteiger partial charge in [-0.3, -0.25) is 19.2 Å². The topological polar surface area (TPSA) is 118 Å². The van der Waals surface area contributed by atoms with Crippen LogP contribution in [0.1, 0.15) is 57.6 Å². The van der Waals surface area contributed by atoms with Crippen molar-refractivity contribution in [3.63, 3.8) is 0 Å². The van der Waals surface area contributed by atoms with E-state index in [1.165, 1.54) is 24.8 Å². The molecule has 9 heteroatoms. The average Bonchev–Trinajstić information content (AvgIpc) is 3.17. The SMILES string of the molecule is CC(=O)NCCCCCSC1=CC(=O)c2onc(C(=O)Nc3ccccc3)c2C1=O. The van der Waals surface area contributed by atoms with Crippen molar-refractivity contribution in [2.45, 2.75) is 26.2 Å². The van der Waals surface area contributed by atoms with E-state index < -0.39 is 17.5 Å². The molecule has 2 amide bonds. The van der Waals surface area contributed by atoms with Gasteiger partial charge in [0, 0.05) is 25.2 Å². The van der Waals surface area contributed by atoms with Crippen molar-refractivity contribution in [3.05, 3.63) is 58.3 Å². The molecule has 0 saturated carbocycles. The summed E-state index contributed by atoms with van der Waals surface area (Å²) in [5.74, 6) is -1.17. The molecule has 1 aliphatic rings. The standard InChI is InChI=1S/C21H21N3O5S/c1-13(25)22-10-6-3-7-11-30-16-12-15(26)20-17(19(16)27)18(24-29-20)21(28)23-14-8-4-2-5-9-14/h2,4-5,8-9,12H,3,6-7,10-11H2,1H3,(H,22,25)(H,23,28). The van der Waals surface area contributed by atoms with Crippen LogP contribution in [0, 0.1) is 0 Å². The maximum Gasteiger partial charge on any atom is 0.278 e. The predicted octanol–water partition coefficient (Wildman–Crippen LogP) is 3.23. The van der Waals surface area contributed by atoms with E-state index in [-0.39, 0.29) is 27.8 Å². The van der Waals surface area contributed by atoms with Crippen LogP contribution in [0.15, 0.2) is 45.8 Å². The van der Waals surface area contributed by atoms with Crippen LogP contribution >= 0.6 is 11.8 Å². The number of nitrogens with one attached hydrogen (secondary N) is 2. The first-order valence-corrected chi connectivity index (χ1v) is 10.5. The van der Waals surface area contributed by atoms with Gasteiger partial charge in [-0.2, -0.15) is 0 Å². The molecular formula is C21H21N3O5S. The number of Topliss-reactive ketones (excluding diaryl/α,β-unsaturated/α-hetero) is 1. The van der Waals surface area contributed by atoms with Gasteiger partial charge in [-0.15, -0.1) is 11.8 Å². The number of amides is 2. The van der Waals surface area contributed by atoms with E-state index >= 15 is 0 Å². The molecule has 30 heavy (non-hydrogen) atoms. The number of hydrogen-bond acceptors (Lipinski definition) is 7. The Balaban J connectivity index is 1.61. The maximum atomic E-state index is 12.9. The first kappa shape index (κ1) is 21.5. The van der Waals surface area contributed by atoms with Gasteiger partial charge in [-0.25, -0.2) is 0 Å². The largest absolute Gasteiger partial charge is 0.356 e. The molecule has 0 atom stereocenters. The molecule has 0 saturated heterocycles. The third kappa shape index (κ3) is 5.24. The Kier molecular flexibility index (Phi) is 7.18. The summed E-state index contributed by atoms with van der Waals surface area (Å²) < 4.78 is 5.00. The second-order valence-electron chi connectivity index (χ2n) is 6.65. The number of anilines is 1. The number of para-hydroxylation sites is 1. The van der Waals surface area contributed by atoms with E-state index in [0.29, 0.717) is 18.0 Å². The van der Waals surface area contributed by atoms with Crippen LogP contribution in [0.2, 0.25) is 0 Å². The van der Waals surface area contributed by atoms with Crippen molar-refractivity contribution in [2.75, 3.05) is 17.6 Å². The number of unbranched alkanes of at least 4 members (excludes halogenated alkanes) is 2. The molecule has 8 nitrogen and oxygen atoms in total. The Morgan fingerprint density at radius 3 is 2.60 bits per heavy atom. The van der Waals surface area contributed by atoms with Crippen molar-refractivity contribution in [1.29, 1.82) is 0 Å². The highest BCUT2D eigenvalue weighted by molar-refractivity contribution is 8.04. The lowest BCUT2D eigenvalue weighted by atomic mass is 9.99. The van der Waals surface area contributed by atoms with Crippen molar-refractivity contribution in [3.8, 4) is 0 Å². The highest BCUT2D eigenvalue weighted by atomic mass is 32.2. The number of ketones is 2. The Morgan fingerprint density at radius 1 is 1.10 bits per heavy atom. The molecule has 1 aromatic heterocycles. The van der Waals surface area contributed by atoms with Gasteiger partial charge < -0.3 is 15.2 Å². The van der Waals surface area contributed by atoms with Crippen molar-refractivity contribution < 1.29 is 23.7 Å². The van der Waals surface area contributed by atoms with Crippen molar-refractivity contribution >= 4 is 40.8 Å². The minimum Gasteiger partial charge on any atom is -0.356 e. The summed E-state index contributed by atoms with van der Waals surface area (Å²) in [5.41, 5.74) is 0.246. The summed E-state index contributed by atoms with van der Waals surface area (Å²) in [5, 5.41) is 9.04. The fourth-order valence-electron chi connectivity index (χ4n) is 2.87. The lowest BCUT2D eigenvalue weighted by molar-refractivity contribution is -0.118. The number of fused-ring (bicyclic) bond motifs is 1. The van der Waals surface area contributed by atoms with Gasteiger partial charge in [0.15, 0.2) is 5.69 Å². The minimum atomic E-state index is -0.614. The maximum absolute atomic E-state index is 12.9. The Hall–Kier alpha value is -3.20. The van der Waals surface area contributed by atoms with Crippen molar-refractivity contribution in [1.82, 2.24) is 10.5 Å². The number of hydrogen-bond donors (Lipinski definition) is 2. The van der Waals surface area contributed by atoms with Crippen LogP contribution in [0.25, 0.3) is 0 Å². The quantitative estimate of drug-likeness (QED) is 0.590. The number of carbonyl (C=O) groups excluding carboxylic acids is 4. The summed E-state index contributed by atoms with van der Waals surface area (Å²) in [4.78, 5) is 48.9. The van der Waals surface area contributed by atoms with E-state index in [0.717, 1.165) is 19.3 Å². The molecule has 1 heterocycles. The molecule has 0 radical (unpaired) electrons. The van der Waals surface area contributed by atoms with Crippen LogP contribution in [0.3, 0.4) is 0 Å². The molecule has 1 aliphatic carbocycles. The monoisotopic (exact) mass is 427 g/mol. The summed E-state index contributed by atoms with van der Waals surface area (Å²) in [6.07, 6.45) is 3.77. The Bertz CT molecular complexity index is 997. The lowest BCUT2D eigenvalue weighted by Gasteiger charge is -2.11. The number of allylic oxidation sites excluding steroid dienone is 2. The summed E-state index contributed by atoms with van der Waals surface area (Å²) in [6, 6.07) is 8.73. The summed E-state index contributed by atoms with van der Waals surface area (Å²) >= 11 is 1.27. The molecule has 2 aromatic rings. The lowest BCUT2D eigenvalue weighted by Crippen LogP contribution is -2.21. The molecule has 3 rings (SSSR count). The molecule has 0 aliphatic heterocycles. The van der Waals surface area contributed by atoms with Gasteiger partial charge in [0.25, 0.3) is 5.91 Å². The first-order chi connectivity index (χ1) is 14.5. The van der Waals surface area contributed by atoms with E-state index in [9.17, 15) is 19.2 Å². The minimum absolute atomic E-state index is 0.0579. The zero-order chi connectivity index (χ0) is 21.5. The highest BCUT2D eigenvalue weighted by Gasteiger charge is 2.36. The number of nitrogens with zero attached hydrogens (tertiary/aromatic N) is 1. The summed E-state index contributed by atoms with van der Waals surface area (Å²) in [6.45, 7) is 2.09. The van der Waals surface area contributed by atoms with E-state index in [2.05, 4.69) is 15.8 Å². The van der Waals surface area contributed by atoms with Gasteiger partial charge in [0.05, 0.1) is 4.91 Å². The van der Waals surface area contributed by atoms with Gasteiger partial charge in [0.2, 0.25) is 23.2 Å². The van der Waals surface area contributed by atoms with Crippen LogP contribution in [-0.2, 0) is 4.79 Å². The van der Waals surface area contributed by atoms with Gasteiger partial charge in [-0.05, 0) is 30.7 Å². The molecule has 156 valence electrons. The number of carbonyl (C=O) groups is 4. The zero-order valence-corrected chi connectivity index (χ0v) is 17.2. The molecule has 0 unspecified atom stereocenters. The second kappa shape index (κ2) is 10.0. The zero-order valence-electron chi connectivity index (χ0n) is 16.4.